The van der Waals surface area contributed by atoms with Gasteiger partial charge in [0.05, 0.1) is 13.7 Å². The number of methoxy groups -OCH3 is 1. The van der Waals surface area contributed by atoms with E-state index < -0.39 is 29.2 Å². The van der Waals surface area contributed by atoms with Crippen molar-refractivity contribution >= 4 is 22.8 Å². The van der Waals surface area contributed by atoms with Gasteiger partial charge < -0.3 is 24.3 Å². The quantitative estimate of drug-likeness (QED) is 0.401. The van der Waals surface area contributed by atoms with Crippen molar-refractivity contribution < 1.29 is 37.7 Å². The summed E-state index contributed by atoms with van der Waals surface area (Å²) >= 11 is 0. The molecule has 0 aliphatic carbocycles. The van der Waals surface area contributed by atoms with Gasteiger partial charge in [-0.05, 0) is 30.3 Å². The second kappa shape index (κ2) is 8.12. The summed E-state index contributed by atoms with van der Waals surface area (Å²) in [5.74, 6) is -1.92. The summed E-state index contributed by atoms with van der Waals surface area (Å²) < 4.78 is 56.6. The van der Waals surface area contributed by atoms with Crippen LogP contribution in [0, 0.1) is 0 Å². The van der Waals surface area contributed by atoms with Crippen molar-refractivity contribution in [1.82, 2.24) is 14.3 Å². The van der Waals surface area contributed by atoms with Crippen molar-refractivity contribution in [2.24, 2.45) is 0 Å². The summed E-state index contributed by atoms with van der Waals surface area (Å²) in [5.41, 5.74) is -1.21. The Balaban J connectivity index is 1.71. The molecule has 1 aliphatic rings. The van der Waals surface area contributed by atoms with E-state index in [1.165, 1.54) is 30.1 Å². The van der Waals surface area contributed by atoms with E-state index in [0.29, 0.717) is 5.75 Å². The van der Waals surface area contributed by atoms with Crippen LogP contribution in [0.15, 0.2) is 54.6 Å². The highest BCUT2D eigenvalue weighted by molar-refractivity contribution is 6.17. The summed E-state index contributed by atoms with van der Waals surface area (Å²) in [6.07, 6.45) is -0.590. The van der Waals surface area contributed by atoms with Crippen molar-refractivity contribution in [2.75, 3.05) is 7.11 Å². The standard InChI is InChI=1S/C24H18F3N3O5/c1-34-14-3-4-17-15(11-14)16(12-20-22(33)21-18(32)9-13(31)10-19(21)35-20)23(24(25,26)27)30(17)8-7-29-6-2-5-28-29/h2-6,9-12,31-32H,7-8H2,1H3. The number of allylic oxidation sites excluding steroid dienone is 1. The van der Waals surface area contributed by atoms with Crippen molar-refractivity contribution in [3.8, 4) is 23.0 Å². The van der Waals surface area contributed by atoms with E-state index in [1.807, 2.05) is 0 Å². The van der Waals surface area contributed by atoms with E-state index in [0.717, 1.165) is 22.8 Å². The number of Topliss-reactive ketones (excluding diaryl/α,β-unsaturated/α-hetero) is 1. The Hall–Kier alpha value is -4.41. The molecular formula is C24H18F3N3O5. The number of aromatic nitrogens is 3. The molecule has 0 bridgehead atoms. The number of rotatable bonds is 5. The number of ether oxygens (including phenoxy) is 2. The van der Waals surface area contributed by atoms with E-state index in [2.05, 4.69) is 5.10 Å². The van der Waals surface area contributed by atoms with Crippen LogP contribution in [0.4, 0.5) is 13.2 Å². The molecule has 3 heterocycles. The zero-order valence-electron chi connectivity index (χ0n) is 18.2. The van der Waals surface area contributed by atoms with Gasteiger partial charge in [0, 0.05) is 47.5 Å². The van der Waals surface area contributed by atoms with Gasteiger partial charge in [-0.3, -0.25) is 9.48 Å². The molecule has 0 unspecified atom stereocenters. The third-order valence-electron chi connectivity index (χ3n) is 5.70. The number of phenols is 2. The average Bonchev–Trinajstić information content (AvgIpc) is 3.49. The first-order valence-electron chi connectivity index (χ1n) is 10.4. The Morgan fingerprint density at radius 3 is 2.66 bits per heavy atom. The number of hydrogen-bond acceptors (Lipinski definition) is 6. The van der Waals surface area contributed by atoms with Gasteiger partial charge >= 0.3 is 6.18 Å². The first-order chi connectivity index (χ1) is 16.7. The van der Waals surface area contributed by atoms with Gasteiger partial charge in [-0.15, -0.1) is 0 Å². The number of carbonyl (C=O) groups is 1. The highest BCUT2D eigenvalue weighted by Gasteiger charge is 2.40. The molecule has 2 aromatic heterocycles. The van der Waals surface area contributed by atoms with Crippen LogP contribution in [-0.4, -0.2) is 37.5 Å². The number of halogens is 3. The van der Waals surface area contributed by atoms with Gasteiger partial charge in [0.1, 0.15) is 34.3 Å². The number of fused-ring (bicyclic) bond motifs is 2. The number of aromatic hydroxyl groups is 2. The minimum Gasteiger partial charge on any atom is -0.508 e. The molecule has 0 fully saturated rings. The van der Waals surface area contributed by atoms with Crippen LogP contribution in [0.5, 0.6) is 23.0 Å². The minimum atomic E-state index is -4.78. The van der Waals surface area contributed by atoms with E-state index in [4.69, 9.17) is 9.47 Å². The van der Waals surface area contributed by atoms with Crippen molar-refractivity contribution in [1.29, 1.82) is 0 Å². The summed E-state index contributed by atoms with van der Waals surface area (Å²) in [7, 11) is 1.40. The Bertz CT molecular complexity index is 1490. The lowest BCUT2D eigenvalue weighted by molar-refractivity contribution is -0.143. The summed E-state index contributed by atoms with van der Waals surface area (Å²) in [6, 6.07) is 8.26. The SMILES string of the molecule is COc1ccc2c(c1)c(C=C1Oc3cc(O)cc(O)c3C1=O)c(C(F)(F)F)n2CCn1cccn1. The first kappa shape index (κ1) is 22.4. The van der Waals surface area contributed by atoms with Gasteiger partial charge in [0.15, 0.2) is 5.76 Å². The third-order valence-corrected chi connectivity index (χ3v) is 5.70. The van der Waals surface area contributed by atoms with Gasteiger partial charge in [-0.25, -0.2) is 0 Å². The van der Waals surface area contributed by atoms with E-state index >= 15 is 0 Å². The number of nitrogens with zero attached hydrogens (tertiary/aromatic N) is 3. The Labute approximate surface area is 196 Å². The predicted octanol–water partition coefficient (Wildman–Crippen LogP) is 4.59. The predicted molar refractivity (Wildman–Crippen MR) is 118 cm³/mol. The van der Waals surface area contributed by atoms with Crippen molar-refractivity contribution in [3.05, 3.63) is 71.4 Å². The fourth-order valence-electron chi connectivity index (χ4n) is 4.22. The molecule has 11 heteroatoms. The summed E-state index contributed by atoms with van der Waals surface area (Å²) in [4.78, 5) is 12.9. The maximum atomic E-state index is 14.4. The van der Waals surface area contributed by atoms with Gasteiger partial charge in [0.2, 0.25) is 5.78 Å². The van der Waals surface area contributed by atoms with E-state index in [9.17, 15) is 28.2 Å². The Morgan fingerprint density at radius 1 is 1.17 bits per heavy atom. The van der Waals surface area contributed by atoms with Crippen LogP contribution in [-0.2, 0) is 19.3 Å². The number of aryl methyl sites for hydroxylation is 2. The molecular weight excluding hydrogens is 467 g/mol. The Kier molecular flexibility index (Phi) is 5.19. The summed E-state index contributed by atoms with van der Waals surface area (Å²) in [6.45, 7) is 0.127. The lowest BCUT2D eigenvalue weighted by atomic mass is 10.1. The van der Waals surface area contributed by atoms with Crippen LogP contribution in [0.1, 0.15) is 21.6 Å². The molecule has 1 aliphatic heterocycles. The lowest BCUT2D eigenvalue weighted by Crippen LogP contribution is -2.17. The highest BCUT2D eigenvalue weighted by atomic mass is 19.4. The molecule has 4 aromatic rings. The van der Waals surface area contributed by atoms with Gasteiger partial charge in [0.25, 0.3) is 0 Å². The topological polar surface area (TPSA) is 98.7 Å². The Morgan fingerprint density at radius 2 is 1.97 bits per heavy atom. The maximum absolute atomic E-state index is 14.4. The largest absolute Gasteiger partial charge is 0.508 e. The lowest BCUT2D eigenvalue weighted by Gasteiger charge is -2.14. The molecule has 8 nitrogen and oxygen atoms in total. The molecule has 0 atom stereocenters. The van der Waals surface area contributed by atoms with Gasteiger partial charge in [-0.2, -0.15) is 18.3 Å². The summed E-state index contributed by atoms with van der Waals surface area (Å²) in [5, 5.41) is 24.0. The molecule has 0 amide bonds. The molecule has 0 saturated carbocycles. The highest BCUT2D eigenvalue weighted by Crippen LogP contribution is 2.44. The van der Waals surface area contributed by atoms with Crippen LogP contribution in [0.3, 0.4) is 0 Å². The number of hydrogen-bond donors (Lipinski definition) is 2. The average molecular weight is 485 g/mol. The smallest absolute Gasteiger partial charge is 0.432 e. The number of carbonyl (C=O) groups excluding carboxylic acids is 1. The zero-order valence-corrected chi connectivity index (χ0v) is 18.2. The normalized spacial score (nSPS) is 14.5. The third kappa shape index (κ3) is 3.84. The second-order valence-electron chi connectivity index (χ2n) is 7.84. The molecule has 2 N–H and O–H groups in total. The molecule has 0 spiro atoms. The van der Waals surface area contributed by atoms with Crippen LogP contribution >= 0.6 is 0 Å². The zero-order chi connectivity index (χ0) is 24.9. The molecule has 180 valence electrons. The van der Waals surface area contributed by atoms with Crippen LogP contribution in [0.25, 0.3) is 17.0 Å². The van der Waals surface area contributed by atoms with Gasteiger partial charge in [-0.1, -0.05) is 0 Å². The molecule has 5 rings (SSSR count). The van der Waals surface area contributed by atoms with Crippen molar-refractivity contribution in [3.63, 3.8) is 0 Å². The monoisotopic (exact) mass is 485 g/mol. The van der Waals surface area contributed by atoms with Crippen LogP contribution in [0.2, 0.25) is 0 Å². The second-order valence-corrected chi connectivity index (χ2v) is 7.84. The van der Waals surface area contributed by atoms with E-state index in [-0.39, 0.29) is 46.6 Å². The molecule has 35 heavy (non-hydrogen) atoms. The minimum absolute atomic E-state index is 0.0494. The number of benzene rings is 2. The van der Waals surface area contributed by atoms with Crippen molar-refractivity contribution in [2.45, 2.75) is 19.3 Å². The number of ketones is 1. The number of phenolic OH excluding ortho intramolecular Hbond substituents is 2. The number of alkyl halides is 3. The fourth-order valence-corrected chi connectivity index (χ4v) is 4.22. The maximum Gasteiger partial charge on any atom is 0.432 e. The fraction of sp³-hybridized carbons (Fsp3) is 0.167. The molecule has 0 saturated heterocycles. The van der Waals surface area contributed by atoms with Crippen LogP contribution < -0.4 is 9.47 Å². The molecule has 2 aromatic carbocycles. The van der Waals surface area contributed by atoms with E-state index in [1.54, 1.807) is 18.3 Å². The molecule has 0 radical (unpaired) electrons. The first-order valence-corrected chi connectivity index (χ1v) is 10.4.